The Bertz CT molecular complexity index is 334. The second kappa shape index (κ2) is 4.51. The van der Waals surface area contributed by atoms with Crippen LogP contribution in [0.15, 0.2) is 6.20 Å². The molecule has 0 aliphatic heterocycles. The molecule has 0 radical (unpaired) electrons. The molecule has 0 fully saturated rings. The van der Waals surface area contributed by atoms with E-state index in [2.05, 4.69) is 31.1 Å². The van der Waals surface area contributed by atoms with Gasteiger partial charge in [-0.25, -0.2) is 4.68 Å². The summed E-state index contributed by atoms with van der Waals surface area (Å²) in [6, 6.07) is 0. The lowest BCUT2D eigenvalue weighted by molar-refractivity contribution is -0.0121. The molecule has 0 bridgehead atoms. The Morgan fingerprint density at radius 2 is 1.94 bits per heavy atom. The zero-order chi connectivity index (χ0) is 12.4. The van der Waals surface area contributed by atoms with Crippen LogP contribution < -0.4 is 0 Å². The van der Waals surface area contributed by atoms with Crippen LogP contribution >= 0.6 is 0 Å². The van der Waals surface area contributed by atoms with Gasteiger partial charge in [-0.05, 0) is 19.3 Å². The van der Waals surface area contributed by atoms with E-state index in [1.807, 2.05) is 0 Å². The topological polar surface area (TPSA) is 60.2 Å². The van der Waals surface area contributed by atoms with Gasteiger partial charge >= 0.3 is 0 Å². The van der Waals surface area contributed by atoms with Crippen LogP contribution in [0.3, 0.4) is 0 Å². The van der Waals surface area contributed by atoms with Crippen LogP contribution in [-0.2, 0) is 17.1 Å². The summed E-state index contributed by atoms with van der Waals surface area (Å²) in [6.45, 7) is 10.7. The Kier molecular flexibility index (Phi) is 3.70. The fourth-order valence-corrected chi connectivity index (χ4v) is 1.09. The lowest BCUT2D eigenvalue weighted by Gasteiger charge is -2.17. The zero-order valence-corrected chi connectivity index (χ0v) is 10.7. The lowest BCUT2D eigenvalue weighted by atomic mass is 9.99. The summed E-state index contributed by atoms with van der Waals surface area (Å²) < 4.78 is 6.93. The standard InChI is InChI=1S/C11H21N3O2/c1-10(2,3)8-16-7-9-6-14(13-12-9)11(4,5)15/h6,15H,7-8H2,1-5H3. The minimum Gasteiger partial charge on any atom is -0.374 e. The number of nitrogens with zero attached hydrogens (tertiary/aromatic N) is 3. The van der Waals surface area contributed by atoms with Crippen LogP contribution in [0, 0.1) is 5.41 Å². The Hall–Kier alpha value is -0.940. The molecule has 16 heavy (non-hydrogen) atoms. The summed E-state index contributed by atoms with van der Waals surface area (Å²) in [7, 11) is 0. The van der Waals surface area contributed by atoms with E-state index < -0.39 is 5.72 Å². The van der Waals surface area contributed by atoms with Crippen molar-refractivity contribution in [1.29, 1.82) is 0 Å². The van der Waals surface area contributed by atoms with Gasteiger partial charge in [0, 0.05) is 0 Å². The molecule has 0 spiro atoms. The highest BCUT2D eigenvalue weighted by Crippen LogP contribution is 2.14. The normalized spacial score (nSPS) is 13.1. The van der Waals surface area contributed by atoms with Crippen LogP contribution in [0.25, 0.3) is 0 Å². The molecule has 1 rings (SSSR count). The minimum absolute atomic E-state index is 0.145. The van der Waals surface area contributed by atoms with Crippen molar-refractivity contribution in [2.45, 2.75) is 47.0 Å². The molecule has 1 heterocycles. The van der Waals surface area contributed by atoms with E-state index in [1.54, 1.807) is 20.0 Å². The van der Waals surface area contributed by atoms with Gasteiger partial charge in [0.2, 0.25) is 0 Å². The molecule has 0 atom stereocenters. The molecule has 0 saturated heterocycles. The van der Waals surface area contributed by atoms with Gasteiger partial charge in [-0.15, -0.1) is 5.10 Å². The van der Waals surface area contributed by atoms with Crippen LogP contribution in [0.5, 0.6) is 0 Å². The third-order valence-corrected chi connectivity index (χ3v) is 1.89. The third kappa shape index (κ3) is 4.28. The largest absolute Gasteiger partial charge is 0.374 e. The van der Waals surface area contributed by atoms with Gasteiger partial charge in [-0.2, -0.15) is 0 Å². The van der Waals surface area contributed by atoms with E-state index in [0.29, 0.717) is 13.2 Å². The minimum atomic E-state index is -1.02. The zero-order valence-electron chi connectivity index (χ0n) is 10.7. The molecule has 1 aromatic rings. The molecule has 0 unspecified atom stereocenters. The monoisotopic (exact) mass is 227 g/mol. The molecule has 5 nitrogen and oxygen atoms in total. The van der Waals surface area contributed by atoms with Crippen molar-refractivity contribution in [3.05, 3.63) is 11.9 Å². The Labute approximate surface area is 96.4 Å². The van der Waals surface area contributed by atoms with Crippen LogP contribution in [0.1, 0.15) is 40.3 Å². The smallest absolute Gasteiger partial charge is 0.153 e. The highest BCUT2D eigenvalue weighted by Gasteiger charge is 2.17. The van der Waals surface area contributed by atoms with Crippen LogP contribution in [0.4, 0.5) is 0 Å². The average molecular weight is 227 g/mol. The first-order chi connectivity index (χ1) is 7.18. The fraction of sp³-hybridized carbons (Fsp3) is 0.818. The molecule has 1 aromatic heterocycles. The van der Waals surface area contributed by atoms with Gasteiger partial charge < -0.3 is 9.84 Å². The summed E-state index contributed by atoms with van der Waals surface area (Å²) in [4.78, 5) is 0. The number of rotatable bonds is 4. The number of aromatic nitrogens is 3. The first-order valence-corrected chi connectivity index (χ1v) is 5.40. The highest BCUT2D eigenvalue weighted by atomic mass is 16.5. The van der Waals surface area contributed by atoms with Gasteiger partial charge in [0.25, 0.3) is 0 Å². The molecule has 0 amide bonds. The molecule has 92 valence electrons. The number of hydrogen-bond donors (Lipinski definition) is 1. The summed E-state index contributed by atoms with van der Waals surface area (Å²) in [6.07, 6.45) is 1.70. The quantitative estimate of drug-likeness (QED) is 0.847. The summed E-state index contributed by atoms with van der Waals surface area (Å²) >= 11 is 0. The first kappa shape index (κ1) is 13.1. The molecule has 5 heteroatoms. The molecular formula is C11H21N3O2. The predicted molar refractivity (Wildman–Crippen MR) is 60.7 cm³/mol. The van der Waals surface area contributed by atoms with Crippen molar-refractivity contribution in [1.82, 2.24) is 15.0 Å². The first-order valence-electron chi connectivity index (χ1n) is 5.40. The van der Waals surface area contributed by atoms with Gasteiger partial charge in [0.1, 0.15) is 5.69 Å². The molecule has 0 aromatic carbocycles. The SMILES string of the molecule is CC(C)(C)COCc1cn(C(C)(C)O)nn1. The Morgan fingerprint density at radius 3 is 2.38 bits per heavy atom. The molecule has 0 aliphatic rings. The van der Waals surface area contributed by atoms with Crippen molar-refractivity contribution in [2.75, 3.05) is 6.61 Å². The maximum atomic E-state index is 9.68. The number of hydrogen-bond acceptors (Lipinski definition) is 4. The van der Waals surface area contributed by atoms with E-state index in [0.717, 1.165) is 5.69 Å². The van der Waals surface area contributed by atoms with Gasteiger partial charge in [-0.3, -0.25) is 0 Å². The van der Waals surface area contributed by atoms with Crippen molar-refractivity contribution in [2.24, 2.45) is 5.41 Å². The van der Waals surface area contributed by atoms with Crippen molar-refractivity contribution >= 4 is 0 Å². The molecule has 1 N–H and O–H groups in total. The Morgan fingerprint density at radius 1 is 1.31 bits per heavy atom. The van der Waals surface area contributed by atoms with Crippen molar-refractivity contribution in [3.63, 3.8) is 0 Å². The van der Waals surface area contributed by atoms with E-state index in [9.17, 15) is 5.11 Å². The van der Waals surface area contributed by atoms with Crippen molar-refractivity contribution in [3.8, 4) is 0 Å². The number of ether oxygens (including phenoxy) is 1. The van der Waals surface area contributed by atoms with Gasteiger partial charge in [0.05, 0.1) is 19.4 Å². The maximum absolute atomic E-state index is 9.68. The molecular weight excluding hydrogens is 206 g/mol. The summed E-state index contributed by atoms with van der Waals surface area (Å²) in [5.41, 5.74) is -0.145. The molecule has 0 saturated carbocycles. The van der Waals surface area contributed by atoms with Crippen LogP contribution in [0.2, 0.25) is 0 Å². The second-order valence-electron chi connectivity index (χ2n) is 5.70. The Balaban J connectivity index is 2.48. The highest BCUT2D eigenvalue weighted by molar-refractivity contribution is 4.91. The van der Waals surface area contributed by atoms with Crippen LogP contribution in [-0.4, -0.2) is 26.7 Å². The number of aliphatic hydroxyl groups is 1. The maximum Gasteiger partial charge on any atom is 0.153 e. The van der Waals surface area contributed by atoms with E-state index in [1.165, 1.54) is 4.68 Å². The van der Waals surface area contributed by atoms with Crippen molar-refractivity contribution < 1.29 is 9.84 Å². The average Bonchev–Trinajstić information content (AvgIpc) is 2.49. The van der Waals surface area contributed by atoms with Gasteiger partial charge in [-0.1, -0.05) is 26.0 Å². The fourth-order valence-electron chi connectivity index (χ4n) is 1.09. The van der Waals surface area contributed by atoms with Gasteiger partial charge in [0.15, 0.2) is 5.72 Å². The van der Waals surface area contributed by atoms with E-state index >= 15 is 0 Å². The second-order valence-corrected chi connectivity index (χ2v) is 5.70. The van der Waals surface area contributed by atoms with E-state index in [-0.39, 0.29) is 5.41 Å². The molecule has 0 aliphatic carbocycles. The summed E-state index contributed by atoms with van der Waals surface area (Å²) in [5, 5.41) is 17.4. The lowest BCUT2D eigenvalue weighted by Crippen LogP contribution is -2.25. The predicted octanol–water partition coefficient (Wildman–Crippen LogP) is 1.53. The van der Waals surface area contributed by atoms with E-state index in [4.69, 9.17) is 4.74 Å². The summed E-state index contributed by atoms with van der Waals surface area (Å²) in [5.74, 6) is 0. The third-order valence-electron chi connectivity index (χ3n) is 1.89.